The zero-order valence-corrected chi connectivity index (χ0v) is 9.50. The van der Waals surface area contributed by atoms with Gasteiger partial charge in [0.1, 0.15) is 12.4 Å². The Kier molecular flexibility index (Phi) is 3.51. The van der Waals surface area contributed by atoms with Gasteiger partial charge in [0, 0.05) is 25.3 Å². The highest BCUT2D eigenvalue weighted by atomic mass is 16.5. The molecule has 1 aromatic carbocycles. The average molecular weight is 234 g/mol. The first kappa shape index (κ1) is 11.3. The molecule has 0 unspecified atom stereocenters. The molecule has 17 heavy (non-hydrogen) atoms. The summed E-state index contributed by atoms with van der Waals surface area (Å²) in [5, 5.41) is 14.2. The first-order chi connectivity index (χ1) is 8.29. The predicted octanol–water partition coefficient (Wildman–Crippen LogP) is 0.291. The number of nitrogens with zero attached hydrogens (tertiary/aromatic N) is 4. The molecule has 0 aliphatic heterocycles. The van der Waals surface area contributed by atoms with Crippen molar-refractivity contribution in [2.75, 3.05) is 18.5 Å². The number of anilines is 2. The lowest BCUT2D eigenvalue weighted by Gasteiger charge is -2.07. The Bertz CT molecular complexity index is 483. The first-order valence-corrected chi connectivity index (χ1v) is 5.22. The minimum absolute atomic E-state index is 0.491. The molecular formula is C10H14N6O. The Morgan fingerprint density at radius 1 is 1.47 bits per heavy atom. The molecule has 7 nitrogen and oxygen atoms in total. The summed E-state index contributed by atoms with van der Waals surface area (Å²) in [6, 6.07) is 7.53. The number of rotatable bonds is 5. The van der Waals surface area contributed by atoms with Crippen LogP contribution in [0.4, 0.5) is 11.6 Å². The molecular weight excluding hydrogens is 220 g/mol. The molecule has 0 saturated heterocycles. The van der Waals surface area contributed by atoms with Crippen LogP contribution in [-0.2, 0) is 7.05 Å². The minimum atomic E-state index is 0.491. The highest BCUT2D eigenvalue weighted by Gasteiger charge is 2.02. The molecule has 0 radical (unpaired) electrons. The maximum atomic E-state index is 5.42. The number of aromatic nitrogens is 4. The van der Waals surface area contributed by atoms with E-state index in [1.54, 1.807) is 11.7 Å². The third kappa shape index (κ3) is 2.91. The van der Waals surface area contributed by atoms with E-state index in [4.69, 9.17) is 10.5 Å². The van der Waals surface area contributed by atoms with E-state index < -0.39 is 0 Å². The zero-order valence-electron chi connectivity index (χ0n) is 9.50. The van der Waals surface area contributed by atoms with E-state index in [-0.39, 0.29) is 0 Å². The van der Waals surface area contributed by atoms with Crippen molar-refractivity contribution < 1.29 is 4.74 Å². The van der Waals surface area contributed by atoms with E-state index >= 15 is 0 Å². The smallest absolute Gasteiger partial charge is 0.247 e. The van der Waals surface area contributed by atoms with Crippen molar-refractivity contribution in [1.29, 1.82) is 0 Å². The quantitative estimate of drug-likeness (QED) is 0.772. The zero-order chi connectivity index (χ0) is 12.1. The van der Waals surface area contributed by atoms with E-state index in [9.17, 15) is 0 Å². The molecule has 1 aromatic heterocycles. The molecule has 90 valence electrons. The topological polar surface area (TPSA) is 90.9 Å². The van der Waals surface area contributed by atoms with Crippen LogP contribution in [0.5, 0.6) is 5.75 Å². The SMILES string of the molecule is Cn1nnnc1Nc1cccc(OCCN)c1. The number of ether oxygens (including phenoxy) is 1. The summed E-state index contributed by atoms with van der Waals surface area (Å²) in [5.74, 6) is 1.33. The second-order valence-corrected chi connectivity index (χ2v) is 3.42. The largest absolute Gasteiger partial charge is 0.492 e. The van der Waals surface area contributed by atoms with Crippen LogP contribution >= 0.6 is 0 Å². The van der Waals surface area contributed by atoms with Gasteiger partial charge in [-0.3, -0.25) is 0 Å². The van der Waals surface area contributed by atoms with Crippen LogP contribution in [-0.4, -0.2) is 33.4 Å². The number of nitrogens with one attached hydrogen (secondary N) is 1. The summed E-state index contributed by atoms with van der Waals surface area (Å²) in [4.78, 5) is 0. The summed E-state index contributed by atoms with van der Waals surface area (Å²) >= 11 is 0. The van der Waals surface area contributed by atoms with Crippen LogP contribution in [0.15, 0.2) is 24.3 Å². The monoisotopic (exact) mass is 234 g/mol. The van der Waals surface area contributed by atoms with Gasteiger partial charge in [-0.1, -0.05) is 11.2 Å². The lowest BCUT2D eigenvalue weighted by molar-refractivity contribution is 0.328. The van der Waals surface area contributed by atoms with E-state index in [0.29, 0.717) is 19.1 Å². The van der Waals surface area contributed by atoms with E-state index in [0.717, 1.165) is 11.4 Å². The van der Waals surface area contributed by atoms with E-state index in [1.807, 2.05) is 24.3 Å². The third-order valence-electron chi connectivity index (χ3n) is 2.10. The summed E-state index contributed by atoms with van der Waals surface area (Å²) in [7, 11) is 1.76. The number of hydrogen-bond acceptors (Lipinski definition) is 6. The molecule has 0 spiro atoms. The van der Waals surface area contributed by atoms with Crippen molar-refractivity contribution >= 4 is 11.6 Å². The first-order valence-electron chi connectivity index (χ1n) is 5.22. The van der Waals surface area contributed by atoms with Gasteiger partial charge in [0.15, 0.2) is 0 Å². The van der Waals surface area contributed by atoms with E-state index in [2.05, 4.69) is 20.8 Å². The van der Waals surface area contributed by atoms with Gasteiger partial charge in [0.05, 0.1) is 0 Å². The molecule has 2 aromatic rings. The lowest BCUT2D eigenvalue weighted by Crippen LogP contribution is -2.10. The molecule has 0 amide bonds. The van der Waals surface area contributed by atoms with Crippen molar-refractivity contribution in [2.45, 2.75) is 0 Å². The number of benzene rings is 1. The van der Waals surface area contributed by atoms with Crippen LogP contribution in [0.3, 0.4) is 0 Å². The van der Waals surface area contributed by atoms with Crippen molar-refractivity contribution in [1.82, 2.24) is 20.2 Å². The second kappa shape index (κ2) is 5.26. The molecule has 0 saturated carbocycles. The van der Waals surface area contributed by atoms with Crippen molar-refractivity contribution in [2.24, 2.45) is 12.8 Å². The minimum Gasteiger partial charge on any atom is -0.492 e. The summed E-state index contributed by atoms with van der Waals surface area (Å²) in [6.07, 6.45) is 0. The van der Waals surface area contributed by atoms with Gasteiger partial charge in [-0.05, 0) is 22.6 Å². The van der Waals surface area contributed by atoms with Gasteiger partial charge in [0.25, 0.3) is 0 Å². The maximum Gasteiger partial charge on any atom is 0.247 e. The number of nitrogens with two attached hydrogens (primary N) is 1. The molecule has 7 heteroatoms. The molecule has 0 fully saturated rings. The van der Waals surface area contributed by atoms with Gasteiger partial charge in [-0.15, -0.1) is 0 Å². The van der Waals surface area contributed by atoms with Gasteiger partial charge in [-0.25, -0.2) is 4.68 Å². The predicted molar refractivity (Wildman–Crippen MR) is 63.1 cm³/mol. The van der Waals surface area contributed by atoms with Crippen molar-refractivity contribution in [3.63, 3.8) is 0 Å². The Balaban J connectivity index is 2.08. The molecule has 0 aliphatic carbocycles. The summed E-state index contributed by atoms with van der Waals surface area (Å²) in [6.45, 7) is 0.986. The summed E-state index contributed by atoms with van der Waals surface area (Å²) in [5.41, 5.74) is 6.23. The Hall–Kier alpha value is -2.15. The number of tetrazole rings is 1. The van der Waals surface area contributed by atoms with E-state index in [1.165, 1.54) is 0 Å². The Morgan fingerprint density at radius 3 is 3.06 bits per heavy atom. The average Bonchev–Trinajstić information content (AvgIpc) is 2.73. The fourth-order valence-corrected chi connectivity index (χ4v) is 1.30. The highest BCUT2D eigenvalue weighted by Crippen LogP contribution is 2.19. The standard InChI is InChI=1S/C10H14N6O/c1-16-10(13-14-15-16)12-8-3-2-4-9(7-8)17-6-5-11/h2-4,7H,5-6,11H2,1H3,(H,12,13,15). The third-order valence-corrected chi connectivity index (χ3v) is 2.10. The van der Waals surface area contributed by atoms with Crippen molar-refractivity contribution in [3.05, 3.63) is 24.3 Å². The number of hydrogen-bond donors (Lipinski definition) is 2. The fourth-order valence-electron chi connectivity index (χ4n) is 1.30. The Labute approximate surface area is 98.6 Å². The second-order valence-electron chi connectivity index (χ2n) is 3.42. The van der Waals surface area contributed by atoms with Crippen LogP contribution in [0.2, 0.25) is 0 Å². The normalized spacial score (nSPS) is 10.2. The van der Waals surface area contributed by atoms with Gasteiger partial charge in [0.2, 0.25) is 5.95 Å². The maximum absolute atomic E-state index is 5.42. The van der Waals surface area contributed by atoms with Gasteiger partial charge < -0.3 is 15.8 Å². The van der Waals surface area contributed by atoms with Crippen LogP contribution in [0.1, 0.15) is 0 Å². The highest BCUT2D eigenvalue weighted by molar-refractivity contribution is 5.55. The number of aryl methyl sites for hydroxylation is 1. The van der Waals surface area contributed by atoms with Crippen LogP contribution < -0.4 is 15.8 Å². The summed E-state index contributed by atoms with van der Waals surface area (Å²) < 4.78 is 6.97. The molecule has 1 heterocycles. The fraction of sp³-hybridized carbons (Fsp3) is 0.300. The molecule has 3 N–H and O–H groups in total. The van der Waals surface area contributed by atoms with Gasteiger partial charge >= 0.3 is 0 Å². The molecule has 0 atom stereocenters. The molecule has 0 bridgehead atoms. The van der Waals surface area contributed by atoms with Gasteiger partial charge in [-0.2, -0.15) is 0 Å². The van der Waals surface area contributed by atoms with Crippen LogP contribution in [0.25, 0.3) is 0 Å². The van der Waals surface area contributed by atoms with Crippen molar-refractivity contribution in [3.8, 4) is 5.75 Å². The Morgan fingerprint density at radius 2 is 2.35 bits per heavy atom. The van der Waals surface area contributed by atoms with Crippen LogP contribution in [0, 0.1) is 0 Å². The lowest BCUT2D eigenvalue weighted by atomic mass is 10.3. The molecule has 2 rings (SSSR count). The molecule has 0 aliphatic rings.